The van der Waals surface area contributed by atoms with Crippen LogP contribution in [-0.2, 0) is 23.1 Å². The molecule has 0 fully saturated rings. The van der Waals surface area contributed by atoms with E-state index in [0.29, 0.717) is 0 Å². The van der Waals surface area contributed by atoms with Crippen molar-refractivity contribution in [2.24, 2.45) is 0 Å². The summed E-state index contributed by atoms with van der Waals surface area (Å²) in [7, 11) is -25.0. The molecule has 0 aliphatic rings. The minimum Gasteiger partial charge on any atom is -0.808 e. The third kappa shape index (κ3) is 14.8. The van der Waals surface area contributed by atoms with Gasteiger partial charge < -0.3 is 72.9 Å². The van der Waals surface area contributed by atoms with Crippen molar-refractivity contribution in [1.82, 2.24) is 5.32 Å². The van der Waals surface area contributed by atoms with Gasteiger partial charge in [0, 0.05) is 19.4 Å². The Labute approximate surface area is 314 Å². The van der Waals surface area contributed by atoms with E-state index in [-0.39, 0.29) is 164 Å². The van der Waals surface area contributed by atoms with Gasteiger partial charge in [-0.25, -0.2) is 0 Å². The van der Waals surface area contributed by atoms with Gasteiger partial charge in [0.2, 0.25) is 5.91 Å². The molecule has 180 valence electrons. The number of carbonyl (C=O) groups excluding carboxylic acids is 1. The second-order valence-corrected chi connectivity index (χ2v) is 13.8. The molecule has 0 aromatic heterocycles. The van der Waals surface area contributed by atoms with Crippen LogP contribution in [0.2, 0.25) is 0 Å². The third-order valence-corrected chi connectivity index (χ3v) is 11.3. The number of carbonyl (C=O) groups is 1. The first-order valence-corrected chi connectivity index (χ1v) is 14.1. The van der Waals surface area contributed by atoms with Crippen LogP contribution < -0.4 is 44.5 Å². The van der Waals surface area contributed by atoms with E-state index in [9.17, 15) is 72.4 Å². The fourth-order valence-corrected chi connectivity index (χ4v) is 6.17. The van der Waals surface area contributed by atoms with E-state index in [1.54, 1.807) is 0 Å². The minimum absolute atomic E-state index is 0. The molecule has 0 aliphatic carbocycles. The Morgan fingerprint density at radius 1 is 0.618 bits per heavy atom. The number of nitrogens with one attached hydrogen (secondary N) is 1. The maximum atomic E-state index is 11.5. The number of aliphatic hydroxyl groups is 2. The normalized spacial score (nSPS) is 12.9. The fourth-order valence-electron chi connectivity index (χ4n) is 2.13. The van der Waals surface area contributed by atoms with Gasteiger partial charge in [0.15, 0.2) is 0 Å². The molecule has 0 radical (unpaired) electrons. The molecule has 0 bridgehead atoms. The molecule has 0 rings (SSSR count). The monoisotopic (exact) mass is 675 g/mol. The van der Waals surface area contributed by atoms with E-state index in [4.69, 9.17) is 0 Å². The number of hydrogen-bond donors (Lipinski definition) is 3. The second kappa shape index (κ2) is 19.3. The zero-order valence-corrected chi connectivity index (χ0v) is 30.2. The molecule has 0 aromatic rings. The van der Waals surface area contributed by atoms with E-state index in [1.165, 1.54) is 0 Å². The summed E-state index contributed by atoms with van der Waals surface area (Å²) < 4.78 is 43.4. The maximum Gasteiger partial charge on any atom is 2.00 e. The molecular formula is C10H17Ca4NO15P4. The zero-order valence-electron chi connectivity index (χ0n) is 17.8. The van der Waals surface area contributed by atoms with Crippen LogP contribution in [0, 0.1) is 0 Å². The van der Waals surface area contributed by atoms with E-state index in [0.717, 1.165) is 0 Å². The van der Waals surface area contributed by atoms with Gasteiger partial charge in [-0.15, -0.1) is 0 Å². The van der Waals surface area contributed by atoms with E-state index in [1.807, 2.05) is 5.32 Å². The molecule has 0 saturated heterocycles. The smallest absolute Gasteiger partial charge is 0.808 e. The Hall–Kier alpha value is 5.03. The standard InChI is InChI=1S/C10H25NO15P4.4Ca/c12-8(11-7-6-10(14,29(21,22)23)30(24,25)26)4-2-1-3-5-9(13,27(15,16)17)28(18,19)20;;;;/h13-14H,1-7H2,(H,11,12)(H2,15,16,17)(H2,18,19,20)(H2,21,22,23)(H2,24,25,26);;;;/q;4*+2/p-8. The van der Waals surface area contributed by atoms with Crippen molar-refractivity contribution < 1.29 is 72.4 Å². The average Bonchev–Trinajstić information content (AvgIpc) is 2.49. The zero-order chi connectivity index (χ0) is 24.2. The van der Waals surface area contributed by atoms with Crippen molar-refractivity contribution in [3.63, 3.8) is 0 Å². The molecule has 3 N–H and O–H groups in total. The molecule has 34 heavy (non-hydrogen) atoms. The van der Waals surface area contributed by atoms with Gasteiger partial charge in [0.05, 0.1) is 0 Å². The molecule has 24 heteroatoms. The van der Waals surface area contributed by atoms with Crippen LogP contribution in [-0.4, -0.2) is 184 Å². The molecule has 0 spiro atoms. The number of amides is 1. The van der Waals surface area contributed by atoms with Crippen LogP contribution in [0.5, 0.6) is 0 Å². The van der Waals surface area contributed by atoms with Crippen LogP contribution in [0.1, 0.15) is 38.5 Å². The Bertz CT molecular complexity index is 763. The van der Waals surface area contributed by atoms with E-state index in [2.05, 4.69) is 0 Å². The van der Waals surface area contributed by atoms with Crippen molar-refractivity contribution >= 4 is 187 Å². The summed E-state index contributed by atoms with van der Waals surface area (Å²) in [6.07, 6.45) is -3.84. The average molecular weight is 675 g/mol. The molecule has 0 saturated carbocycles. The quantitative estimate of drug-likeness (QED) is 0.0927. The van der Waals surface area contributed by atoms with Gasteiger partial charge in [0.25, 0.3) is 0 Å². The number of hydrogen-bond acceptors (Lipinski definition) is 15. The largest absolute Gasteiger partial charge is 2.00 e. The molecule has 0 aromatic carbocycles. The van der Waals surface area contributed by atoms with Crippen molar-refractivity contribution in [3.05, 3.63) is 0 Å². The van der Waals surface area contributed by atoms with Crippen LogP contribution >= 0.6 is 30.4 Å². The first-order valence-electron chi connectivity index (χ1n) is 7.90. The van der Waals surface area contributed by atoms with Gasteiger partial charge >= 0.3 is 151 Å². The summed E-state index contributed by atoms with van der Waals surface area (Å²) in [5.41, 5.74) is 0. The van der Waals surface area contributed by atoms with E-state index >= 15 is 0 Å². The topological polar surface area (TPSA) is 322 Å². The molecule has 0 heterocycles. The van der Waals surface area contributed by atoms with Gasteiger partial charge in [-0.1, -0.05) is 6.42 Å². The molecule has 0 aliphatic heterocycles. The van der Waals surface area contributed by atoms with Gasteiger partial charge in [-0.3, -0.25) is 4.79 Å². The molecule has 0 atom stereocenters. The summed E-state index contributed by atoms with van der Waals surface area (Å²) in [4.78, 5) is 98.2. The molecule has 1 amide bonds. The van der Waals surface area contributed by atoms with Crippen LogP contribution in [0.15, 0.2) is 0 Å². The van der Waals surface area contributed by atoms with Crippen molar-refractivity contribution in [1.29, 1.82) is 0 Å². The van der Waals surface area contributed by atoms with Crippen LogP contribution in [0.4, 0.5) is 0 Å². The summed E-state index contributed by atoms with van der Waals surface area (Å²) in [6, 6.07) is 0. The Morgan fingerprint density at radius 2 is 0.941 bits per heavy atom. The van der Waals surface area contributed by atoms with Gasteiger partial charge in [0.1, 0.15) is 10.2 Å². The second-order valence-electron chi connectivity index (χ2n) is 6.20. The first kappa shape index (κ1) is 48.7. The SMILES string of the molecule is O=C(CCCCCC(O)(P(=O)([O-])[O-])P(=O)([O-])[O-])NCCC(O)(P(=O)([O-])[O-])P(=O)([O-])[O-].[Ca+2].[Ca+2].[Ca+2].[Ca+2]. The number of unbranched alkanes of at least 4 members (excludes halogenated alkanes) is 2. The fraction of sp³-hybridized carbons (Fsp3) is 0.900. The molecule has 0 unspecified atom stereocenters. The minimum atomic E-state index is -6.30. The van der Waals surface area contributed by atoms with Crippen LogP contribution in [0.3, 0.4) is 0 Å². The van der Waals surface area contributed by atoms with E-state index < -0.39 is 78.7 Å². The van der Waals surface area contributed by atoms with Gasteiger partial charge in [-0.2, -0.15) is 0 Å². The predicted octanol–water partition coefficient (Wildman–Crippen LogP) is -8.13. The van der Waals surface area contributed by atoms with Gasteiger partial charge in [-0.05, 0) is 49.6 Å². The number of rotatable bonds is 13. The van der Waals surface area contributed by atoms with Crippen LogP contribution in [0.25, 0.3) is 0 Å². The Morgan fingerprint density at radius 3 is 1.26 bits per heavy atom. The maximum absolute atomic E-state index is 11.5. The summed E-state index contributed by atoms with van der Waals surface area (Å²) in [5.74, 6) is -0.900. The third-order valence-electron chi connectivity index (χ3n) is 3.95. The van der Waals surface area contributed by atoms with Crippen molar-refractivity contribution in [2.75, 3.05) is 6.54 Å². The summed E-state index contributed by atoms with van der Waals surface area (Å²) in [6.45, 7) is -0.900. The Kier molecular flexibility index (Phi) is 27.6. The molecular weight excluding hydrogens is 658 g/mol. The van der Waals surface area contributed by atoms with Crippen molar-refractivity contribution in [3.8, 4) is 0 Å². The first-order chi connectivity index (χ1) is 13.1. The molecule has 16 nitrogen and oxygen atoms in total. The van der Waals surface area contributed by atoms with Crippen molar-refractivity contribution in [2.45, 2.75) is 48.7 Å². The summed E-state index contributed by atoms with van der Waals surface area (Å²) >= 11 is 0. The Balaban J connectivity index is -0.000000701. The summed E-state index contributed by atoms with van der Waals surface area (Å²) in [5, 5.41) is 12.5. The predicted molar refractivity (Wildman–Crippen MR) is 104 cm³/mol.